The first-order valence-electron chi connectivity index (χ1n) is 13.7. The second kappa shape index (κ2) is 8.90. The Labute approximate surface area is 204 Å². The van der Waals surface area contributed by atoms with Crippen LogP contribution in [0.5, 0.6) is 0 Å². The molecule has 0 aromatic heterocycles. The van der Waals surface area contributed by atoms with Crippen molar-refractivity contribution < 1.29 is 28.1 Å². The lowest BCUT2D eigenvalue weighted by molar-refractivity contribution is -0.257. The number of hydrogen-bond acceptors (Lipinski definition) is 3. The van der Waals surface area contributed by atoms with Gasteiger partial charge in [-0.3, -0.25) is 0 Å². The second-order valence-electron chi connectivity index (χ2n) is 13.3. The van der Waals surface area contributed by atoms with Gasteiger partial charge in [0.25, 0.3) is 0 Å². The Balaban J connectivity index is 1.66. The summed E-state index contributed by atoms with van der Waals surface area (Å²) in [5.74, 6) is 2.13. The molecule has 6 heteroatoms. The largest absolute Gasteiger partial charge is 0.416 e. The zero-order valence-corrected chi connectivity index (χ0v) is 21.9. The zero-order valence-electron chi connectivity index (χ0n) is 21.9. The van der Waals surface area contributed by atoms with E-state index in [1.165, 1.54) is 32.1 Å². The lowest BCUT2D eigenvalue weighted by atomic mass is 9.41. The maximum absolute atomic E-state index is 13.4. The third-order valence-corrected chi connectivity index (χ3v) is 11.7. The van der Waals surface area contributed by atoms with Gasteiger partial charge in [0.1, 0.15) is 0 Å². The highest BCUT2D eigenvalue weighted by Crippen LogP contribution is 2.69. The zero-order chi connectivity index (χ0) is 25.2. The van der Waals surface area contributed by atoms with Gasteiger partial charge in [-0.25, -0.2) is 0 Å². The van der Waals surface area contributed by atoms with E-state index >= 15 is 0 Å². The molecular weight excluding hydrogens is 441 g/mol. The third-order valence-electron chi connectivity index (χ3n) is 11.7. The van der Waals surface area contributed by atoms with E-state index in [0.29, 0.717) is 29.1 Å². The monoisotopic (exact) mass is 488 g/mol. The molecule has 34 heavy (non-hydrogen) atoms. The quantitative estimate of drug-likeness (QED) is 0.428. The van der Waals surface area contributed by atoms with E-state index in [-0.39, 0.29) is 30.3 Å². The van der Waals surface area contributed by atoms with E-state index in [9.17, 15) is 23.4 Å². The van der Waals surface area contributed by atoms with Crippen LogP contribution in [0.3, 0.4) is 0 Å². The molecular formula is C28H47F3O3. The van der Waals surface area contributed by atoms with Gasteiger partial charge in [-0.15, -0.1) is 0 Å². The summed E-state index contributed by atoms with van der Waals surface area (Å²) in [6, 6.07) is 0. The molecule has 0 bridgehead atoms. The fourth-order valence-electron chi connectivity index (χ4n) is 9.17. The normalized spacial score (nSPS) is 47.3. The maximum Gasteiger partial charge on any atom is 0.416 e. The molecule has 2 N–H and O–H groups in total. The number of aliphatic hydroxyl groups is 2. The number of halogens is 3. The van der Waals surface area contributed by atoms with Crippen molar-refractivity contribution in [1.29, 1.82) is 0 Å². The Kier molecular flexibility index (Phi) is 7.00. The van der Waals surface area contributed by atoms with Crippen molar-refractivity contribution in [3.05, 3.63) is 0 Å². The molecule has 0 aromatic carbocycles. The summed E-state index contributed by atoms with van der Waals surface area (Å²) in [5, 5.41) is 21.3. The number of ether oxygens (including phenoxy) is 1. The van der Waals surface area contributed by atoms with Gasteiger partial charge >= 0.3 is 6.18 Å². The van der Waals surface area contributed by atoms with Crippen LogP contribution in [-0.4, -0.2) is 40.8 Å². The molecule has 10 atom stereocenters. The molecule has 4 rings (SSSR count). The van der Waals surface area contributed by atoms with Gasteiger partial charge in [0.05, 0.1) is 11.7 Å². The summed E-state index contributed by atoms with van der Waals surface area (Å²) in [4.78, 5) is 0. The maximum atomic E-state index is 13.4. The molecule has 0 spiro atoms. The second-order valence-corrected chi connectivity index (χ2v) is 13.3. The standard InChI is InChI=1S/C28H47F3O3/c1-6-27(33)15-14-25(3)18(17-27)16-19(22(34-5)10-13-26(4,32)28(29,30)31)23-20-8-7-11-24(20,2)12-9-21(23)25/h18-23,32-33H,6-17H2,1-5H3/t18-,19?,20+,21+,22-,23-,24+,25+,26+,27+/m1/s1. The molecule has 0 heterocycles. The Morgan fingerprint density at radius 3 is 2.38 bits per heavy atom. The first-order valence-corrected chi connectivity index (χ1v) is 13.7. The fourth-order valence-corrected chi connectivity index (χ4v) is 9.17. The molecule has 4 aliphatic carbocycles. The van der Waals surface area contributed by atoms with E-state index in [1.54, 1.807) is 7.11 Å². The first-order chi connectivity index (χ1) is 15.7. The summed E-state index contributed by atoms with van der Waals surface area (Å²) < 4.78 is 46.2. The minimum Gasteiger partial charge on any atom is -0.390 e. The summed E-state index contributed by atoms with van der Waals surface area (Å²) in [7, 11) is 1.63. The van der Waals surface area contributed by atoms with Gasteiger partial charge in [-0.1, -0.05) is 27.2 Å². The minimum absolute atomic E-state index is 0.180. The molecule has 1 unspecified atom stereocenters. The molecule has 0 radical (unpaired) electrons. The fraction of sp³-hybridized carbons (Fsp3) is 1.00. The number of fused-ring (bicyclic) bond motifs is 5. The SMILES string of the molecule is CC[C@]1(O)CC[C@@]2(C)[C@H](CC([C@@H](CC[C@](C)(O)C(F)(F)F)OC)[C@@H]3[C@@H]4CCC[C@@]4(C)CC[C@@H]32)C1. The van der Waals surface area contributed by atoms with Crippen molar-refractivity contribution in [3.63, 3.8) is 0 Å². The molecule has 0 saturated heterocycles. The van der Waals surface area contributed by atoms with Crippen LogP contribution in [-0.2, 0) is 4.74 Å². The van der Waals surface area contributed by atoms with Gasteiger partial charge in [0.2, 0.25) is 0 Å². The predicted octanol–water partition coefficient (Wildman–Crippen LogP) is 6.89. The highest BCUT2D eigenvalue weighted by molar-refractivity contribution is 5.12. The molecule has 4 aliphatic rings. The molecule has 198 valence electrons. The van der Waals surface area contributed by atoms with Crippen LogP contribution in [0, 0.1) is 40.4 Å². The lowest BCUT2D eigenvalue weighted by Gasteiger charge is -2.64. The van der Waals surface area contributed by atoms with Crippen LogP contribution in [0.1, 0.15) is 105 Å². The van der Waals surface area contributed by atoms with E-state index < -0.39 is 17.4 Å². The van der Waals surface area contributed by atoms with Crippen LogP contribution < -0.4 is 0 Å². The molecule has 3 nitrogen and oxygen atoms in total. The molecule has 4 saturated carbocycles. The topological polar surface area (TPSA) is 49.7 Å². The Morgan fingerprint density at radius 2 is 1.76 bits per heavy atom. The van der Waals surface area contributed by atoms with Gasteiger partial charge in [-0.05, 0) is 118 Å². The van der Waals surface area contributed by atoms with Crippen molar-refractivity contribution >= 4 is 0 Å². The highest BCUT2D eigenvalue weighted by Gasteiger charge is 2.63. The Morgan fingerprint density at radius 1 is 1.06 bits per heavy atom. The summed E-state index contributed by atoms with van der Waals surface area (Å²) in [5.41, 5.74) is -2.81. The van der Waals surface area contributed by atoms with Crippen molar-refractivity contribution in [1.82, 2.24) is 0 Å². The summed E-state index contributed by atoms with van der Waals surface area (Å²) in [6.07, 6.45) is 5.41. The van der Waals surface area contributed by atoms with Crippen molar-refractivity contribution in [2.24, 2.45) is 40.4 Å². The van der Waals surface area contributed by atoms with Gasteiger partial charge in [0.15, 0.2) is 5.60 Å². The Hall–Kier alpha value is -0.330. The van der Waals surface area contributed by atoms with Gasteiger partial charge < -0.3 is 14.9 Å². The number of hydrogen-bond donors (Lipinski definition) is 2. The number of alkyl halides is 3. The summed E-state index contributed by atoms with van der Waals surface area (Å²) >= 11 is 0. The smallest absolute Gasteiger partial charge is 0.390 e. The number of rotatable bonds is 6. The van der Waals surface area contributed by atoms with E-state index in [0.717, 1.165) is 39.0 Å². The van der Waals surface area contributed by atoms with E-state index in [1.807, 2.05) is 0 Å². The van der Waals surface area contributed by atoms with Gasteiger partial charge in [-0.2, -0.15) is 13.2 Å². The van der Waals surface area contributed by atoms with Crippen LogP contribution in [0.4, 0.5) is 13.2 Å². The van der Waals surface area contributed by atoms with Gasteiger partial charge in [0, 0.05) is 7.11 Å². The van der Waals surface area contributed by atoms with Crippen LogP contribution >= 0.6 is 0 Å². The van der Waals surface area contributed by atoms with Crippen molar-refractivity contribution in [3.8, 4) is 0 Å². The van der Waals surface area contributed by atoms with E-state index in [4.69, 9.17) is 4.74 Å². The summed E-state index contributed by atoms with van der Waals surface area (Å²) in [6.45, 7) is 7.85. The first kappa shape index (κ1) is 26.7. The Bertz CT molecular complexity index is 739. The molecule has 0 aromatic rings. The van der Waals surface area contributed by atoms with Crippen LogP contribution in [0.25, 0.3) is 0 Å². The van der Waals surface area contributed by atoms with Crippen LogP contribution in [0.15, 0.2) is 0 Å². The average molecular weight is 489 g/mol. The number of methoxy groups -OCH3 is 1. The molecule has 4 fully saturated rings. The molecule has 0 amide bonds. The molecule has 0 aliphatic heterocycles. The highest BCUT2D eigenvalue weighted by atomic mass is 19.4. The van der Waals surface area contributed by atoms with Crippen LogP contribution in [0.2, 0.25) is 0 Å². The van der Waals surface area contributed by atoms with Crippen molar-refractivity contribution in [2.45, 2.75) is 128 Å². The van der Waals surface area contributed by atoms with Crippen molar-refractivity contribution in [2.75, 3.05) is 7.11 Å². The average Bonchev–Trinajstić information content (AvgIpc) is 3.16. The minimum atomic E-state index is -4.64. The third kappa shape index (κ3) is 4.36. The van der Waals surface area contributed by atoms with E-state index in [2.05, 4.69) is 20.8 Å². The lowest BCUT2D eigenvalue weighted by Crippen LogP contribution is -2.59. The predicted molar refractivity (Wildman–Crippen MR) is 127 cm³/mol.